The monoisotopic (exact) mass is 332 g/mol. The normalized spacial score (nSPS) is 21.6. The first kappa shape index (κ1) is 16.5. The van der Waals surface area contributed by atoms with Gasteiger partial charge in [0.15, 0.2) is 0 Å². The molecule has 1 atom stereocenters. The lowest BCUT2D eigenvalue weighted by Gasteiger charge is -2.36. The highest BCUT2D eigenvalue weighted by molar-refractivity contribution is 6.30. The molecule has 4 nitrogen and oxygen atoms in total. The van der Waals surface area contributed by atoms with E-state index in [2.05, 4.69) is 5.32 Å². The average molecular weight is 333 g/mol. The van der Waals surface area contributed by atoms with Crippen LogP contribution in [0.3, 0.4) is 0 Å². The second-order valence-corrected chi connectivity index (χ2v) is 5.23. The number of terminal acetylenes is 1. The van der Waals surface area contributed by atoms with Gasteiger partial charge < -0.3 is 15.0 Å². The molecule has 0 saturated heterocycles. The Balaban J connectivity index is 2.71. The van der Waals surface area contributed by atoms with E-state index in [0.29, 0.717) is 0 Å². The number of carbonyl (C=O) groups excluding carboxylic acids is 1. The number of anilines is 1. The van der Waals surface area contributed by atoms with Gasteiger partial charge in [-0.3, -0.25) is 0 Å². The fourth-order valence-electron chi connectivity index (χ4n) is 2.27. The molecule has 0 fully saturated rings. The summed E-state index contributed by atoms with van der Waals surface area (Å²) >= 11 is 5.82. The van der Waals surface area contributed by atoms with Crippen molar-refractivity contribution >= 4 is 23.3 Å². The molecule has 0 spiro atoms. The zero-order chi connectivity index (χ0) is 16.5. The van der Waals surface area contributed by atoms with Crippen molar-refractivity contribution < 1.29 is 22.7 Å². The van der Waals surface area contributed by atoms with Crippen molar-refractivity contribution in [3.63, 3.8) is 0 Å². The molecule has 1 aliphatic rings. The lowest BCUT2D eigenvalue weighted by molar-refractivity contribution is -0.283. The van der Waals surface area contributed by atoms with Crippen LogP contribution in [0.5, 0.6) is 0 Å². The maximum Gasteiger partial charge on any atom is 0.423 e. The number of amides is 2. The van der Waals surface area contributed by atoms with Crippen molar-refractivity contribution in [2.24, 2.45) is 0 Å². The molecule has 0 bridgehead atoms. The maximum absolute atomic E-state index is 13.8. The number of alkyl halides is 3. The first-order valence-corrected chi connectivity index (χ1v) is 6.55. The highest BCUT2D eigenvalue weighted by atomic mass is 35.5. The Kier molecular flexibility index (Phi) is 4.27. The van der Waals surface area contributed by atoms with Crippen LogP contribution in [0.15, 0.2) is 18.2 Å². The third-order valence-corrected chi connectivity index (χ3v) is 3.56. The minimum atomic E-state index is -4.80. The molecule has 1 heterocycles. The van der Waals surface area contributed by atoms with Crippen LogP contribution >= 0.6 is 11.6 Å². The summed E-state index contributed by atoms with van der Waals surface area (Å²) in [5, 5.41) is 2.49. The van der Waals surface area contributed by atoms with Gasteiger partial charge in [0.2, 0.25) is 5.60 Å². The number of benzene rings is 1. The van der Waals surface area contributed by atoms with Crippen molar-refractivity contribution in [2.45, 2.75) is 11.8 Å². The summed E-state index contributed by atoms with van der Waals surface area (Å²) in [7, 11) is 1.24. The van der Waals surface area contributed by atoms with E-state index in [1.807, 2.05) is 5.92 Å². The van der Waals surface area contributed by atoms with Crippen molar-refractivity contribution in [3.8, 4) is 12.3 Å². The largest absolute Gasteiger partial charge is 0.423 e. The summed E-state index contributed by atoms with van der Waals surface area (Å²) in [6.45, 7) is -1.30. The Morgan fingerprint density at radius 2 is 2.23 bits per heavy atom. The number of hydrogen-bond acceptors (Lipinski definition) is 2. The minimum absolute atomic E-state index is 0.0203. The summed E-state index contributed by atoms with van der Waals surface area (Å²) in [5.74, 6) is 2.02. The molecule has 0 radical (unpaired) electrons. The standard InChI is InChI=1S/C14H12ClF3N2O2/c1-3-6-22-13(14(16,17)18)8-20(2)12(21)19-11-5-4-9(15)7-10(11)13/h1,4-5,7H,6,8H2,2H3,(H,19,21). The van der Waals surface area contributed by atoms with Gasteiger partial charge in [-0.2, -0.15) is 13.2 Å². The molecule has 1 aromatic carbocycles. The molecule has 2 amide bonds. The van der Waals surface area contributed by atoms with Crippen LogP contribution in [0, 0.1) is 12.3 Å². The lowest BCUT2D eigenvalue weighted by atomic mass is 9.91. The van der Waals surface area contributed by atoms with Crippen LogP contribution in [-0.2, 0) is 10.3 Å². The van der Waals surface area contributed by atoms with Crippen LogP contribution in [-0.4, -0.2) is 37.3 Å². The van der Waals surface area contributed by atoms with Gasteiger partial charge in [0.1, 0.15) is 6.61 Å². The van der Waals surface area contributed by atoms with Crippen molar-refractivity contribution in [1.29, 1.82) is 0 Å². The lowest BCUT2D eigenvalue weighted by Crippen LogP contribution is -2.52. The van der Waals surface area contributed by atoms with Gasteiger partial charge >= 0.3 is 12.2 Å². The molecular formula is C14H12ClF3N2O2. The van der Waals surface area contributed by atoms with E-state index in [1.165, 1.54) is 19.2 Å². The summed E-state index contributed by atoms with van der Waals surface area (Å²) in [5.41, 5.74) is -3.05. The molecule has 8 heteroatoms. The Hall–Kier alpha value is -1.91. The number of halogens is 4. The molecule has 1 aromatic rings. The quantitative estimate of drug-likeness (QED) is 0.845. The van der Waals surface area contributed by atoms with Gasteiger partial charge in [0.25, 0.3) is 0 Å². The van der Waals surface area contributed by atoms with E-state index in [1.54, 1.807) is 0 Å². The van der Waals surface area contributed by atoms with Gasteiger partial charge in [-0.1, -0.05) is 17.5 Å². The Morgan fingerprint density at radius 1 is 1.55 bits per heavy atom. The van der Waals surface area contributed by atoms with Gasteiger partial charge in [-0.25, -0.2) is 4.79 Å². The third kappa shape index (κ3) is 2.72. The topological polar surface area (TPSA) is 41.6 Å². The molecule has 0 saturated carbocycles. The smallest absolute Gasteiger partial charge is 0.346 e. The number of ether oxygens (including phenoxy) is 1. The van der Waals surface area contributed by atoms with Gasteiger partial charge in [0, 0.05) is 23.3 Å². The fourth-order valence-corrected chi connectivity index (χ4v) is 2.45. The van der Waals surface area contributed by atoms with Crippen molar-refractivity contribution in [2.75, 3.05) is 25.5 Å². The fraction of sp³-hybridized carbons (Fsp3) is 0.357. The van der Waals surface area contributed by atoms with Gasteiger partial charge in [0.05, 0.1) is 6.54 Å². The number of nitrogens with zero attached hydrogens (tertiary/aromatic N) is 1. The molecule has 1 unspecified atom stereocenters. The zero-order valence-electron chi connectivity index (χ0n) is 11.5. The molecule has 0 aliphatic carbocycles. The summed E-state index contributed by atoms with van der Waals surface area (Å²) in [6, 6.07) is 3.13. The number of rotatable bonds is 2. The van der Waals surface area contributed by atoms with Crippen LogP contribution in [0.4, 0.5) is 23.7 Å². The number of carbonyl (C=O) groups is 1. The zero-order valence-corrected chi connectivity index (χ0v) is 12.3. The SMILES string of the molecule is C#CCOC1(C(F)(F)F)CN(C)C(=O)Nc2ccc(Cl)cc21. The molecule has 1 N–H and O–H groups in total. The summed E-state index contributed by atoms with van der Waals surface area (Å²) < 4.78 is 46.4. The van der Waals surface area contributed by atoms with E-state index in [0.717, 1.165) is 11.0 Å². The number of nitrogens with one attached hydrogen (secondary N) is 1. The highest BCUT2D eigenvalue weighted by Gasteiger charge is 2.60. The molecule has 1 aliphatic heterocycles. The van der Waals surface area contributed by atoms with E-state index >= 15 is 0 Å². The Morgan fingerprint density at radius 3 is 2.82 bits per heavy atom. The van der Waals surface area contributed by atoms with E-state index in [-0.39, 0.29) is 16.3 Å². The Bertz CT molecular complexity index is 642. The molecule has 2 rings (SSSR count). The predicted molar refractivity (Wildman–Crippen MR) is 75.6 cm³/mol. The maximum atomic E-state index is 13.8. The number of fused-ring (bicyclic) bond motifs is 1. The molecular weight excluding hydrogens is 321 g/mol. The number of likely N-dealkylation sites (N-methyl/N-ethyl adjacent to an activating group) is 1. The van der Waals surface area contributed by atoms with Crippen molar-refractivity contribution in [1.82, 2.24) is 4.90 Å². The summed E-state index contributed by atoms with van der Waals surface area (Å²) in [4.78, 5) is 12.8. The predicted octanol–water partition coefficient (Wildman–Crippen LogP) is 3.22. The molecule has 22 heavy (non-hydrogen) atoms. The second-order valence-electron chi connectivity index (χ2n) is 4.79. The van der Waals surface area contributed by atoms with E-state index in [4.69, 9.17) is 22.8 Å². The first-order chi connectivity index (χ1) is 10.2. The van der Waals surface area contributed by atoms with Crippen LogP contribution in [0.1, 0.15) is 5.56 Å². The average Bonchev–Trinajstić information content (AvgIpc) is 2.53. The van der Waals surface area contributed by atoms with E-state index in [9.17, 15) is 18.0 Å². The van der Waals surface area contributed by atoms with Gasteiger partial charge in [-0.05, 0) is 18.2 Å². The molecule has 0 aromatic heterocycles. The van der Waals surface area contributed by atoms with Gasteiger partial charge in [-0.15, -0.1) is 6.42 Å². The Labute approximate surface area is 130 Å². The van der Waals surface area contributed by atoms with Crippen molar-refractivity contribution in [3.05, 3.63) is 28.8 Å². The second kappa shape index (κ2) is 5.71. The minimum Gasteiger partial charge on any atom is -0.346 e. The van der Waals surface area contributed by atoms with E-state index < -0.39 is 31.0 Å². The van der Waals surface area contributed by atoms with Crippen LogP contribution < -0.4 is 5.32 Å². The summed E-state index contributed by atoms with van der Waals surface area (Å²) in [6.07, 6.45) is 0.232. The molecule has 118 valence electrons. The van der Waals surface area contributed by atoms with Crippen LogP contribution in [0.25, 0.3) is 0 Å². The third-order valence-electron chi connectivity index (χ3n) is 3.32. The number of urea groups is 1. The van der Waals surface area contributed by atoms with Crippen LogP contribution in [0.2, 0.25) is 5.02 Å². The first-order valence-electron chi connectivity index (χ1n) is 6.17. The highest BCUT2D eigenvalue weighted by Crippen LogP contribution is 2.47. The number of hydrogen-bond donors (Lipinski definition) is 1.